The first-order valence-corrected chi connectivity index (χ1v) is 6.61. The minimum Gasteiger partial charge on any atom is -0.497 e. The molecule has 1 aromatic rings. The van der Waals surface area contributed by atoms with Crippen molar-refractivity contribution in [3.63, 3.8) is 0 Å². The van der Waals surface area contributed by atoms with Crippen LogP contribution in [0, 0.1) is 0 Å². The average Bonchev–Trinajstić information content (AvgIpc) is 2.43. The maximum Gasteiger partial charge on any atom is 0.246 e. The molecule has 1 fully saturated rings. The molecule has 2 amide bonds. The van der Waals surface area contributed by atoms with Crippen molar-refractivity contribution in [3.8, 4) is 5.75 Å². The highest BCUT2D eigenvalue weighted by Crippen LogP contribution is 2.24. The molecular formula is C15H20N2O3. The Kier molecular flexibility index (Phi) is 3.70. The van der Waals surface area contributed by atoms with Gasteiger partial charge in [-0.25, -0.2) is 0 Å². The minimum atomic E-state index is -0.844. The predicted molar refractivity (Wildman–Crippen MR) is 75.2 cm³/mol. The Morgan fingerprint density at radius 1 is 1.25 bits per heavy atom. The van der Waals surface area contributed by atoms with Gasteiger partial charge in [0.2, 0.25) is 11.8 Å². The summed E-state index contributed by atoms with van der Waals surface area (Å²) >= 11 is 0. The first-order chi connectivity index (χ1) is 9.36. The fourth-order valence-corrected chi connectivity index (χ4v) is 2.26. The van der Waals surface area contributed by atoms with Crippen LogP contribution >= 0.6 is 0 Å². The zero-order chi connectivity index (χ0) is 14.9. The van der Waals surface area contributed by atoms with Crippen molar-refractivity contribution in [3.05, 3.63) is 29.8 Å². The first kappa shape index (κ1) is 14.4. The second-order valence-electron chi connectivity index (χ2n) is 5.53. The average molecular weight is 276 g/mol. The lowest BCUT2D eigenvalue weighted by Gasteiger charge is -2.43. The van der Waals surface area contributed by atoms with Gasteiger partial charge in [0.1, 0.15) is 17.3 Å². The van der Waals surface area contributed by atoms with E-state index in [4.69, 9.17) is 4.74 Å². The van der Waals surface area contributed by atoms with Gasteiger partial charge in [-0.3, -0.25) is 9.59 Å². The maximum atomic E-state index is 12.3. The fraction of sp³-hybridized carbons (Fsp3) is 0.467. The Morgan fingerprint density at radius 3 is 2.40 bits per heavy atom. The van der Waals surface area contributed by atoms with E-state index in [2.05, 4.69) is 5.32 Å². The van der Waals surface area contributed by atoms with E-state index < -0.39 is 11.6 Å². The standard InChI is InChI=1S/C15H20N2O3/c1-10-13(18)17(15(2,3)14(19)16-10)9-11-5-7-12(20-4)8-6-11/h5-8,10H,9H2,1-4H3,(H,16,19). The maximum absolute atomic E-state index is 12.3. The highest BCUT2D eigenvalue weighted by atomic mass is 16.5. The molecule has 1 aliphatic heterocycles. The number of hydrogen-bond acceptors (Lipinski definition) is 3. The Hall–Kier alpha value is -2.04. The van der Waals surface area contributed by atoms with Gasteiger partial charge in [-0.05, 0) is 38.5 Å². The molecule has 1 unspecified atom stereocenters. The quantitative estimate of drug-likeness (QED) is 0.906. The van der Waals surface area contributed by atoms with Crippen LogP contribution in [-0.4, -0.2) is 35.4 Å². The molecule has 0 aromatic heterocycles. The third kappa shape index (κ3) is 2.48. The zero-order valence-electron chi connectivity index (χ0n) is 12.3. The molecule has 5 nitrogen and oxygen atoms in total. The number of benzene rings is 1. The Bertz CT molecular complexity index is 522. The molecule has 1 heterocycles. The fourth-order valence-electron chi connectivity index (χ4n) is 2.26. The van der Waals surface area contributed by atoms with Crippen molar-refractivity contribution >= 4 is 11.8 Å². The SMILES string of the molecule is COc1ccc(CN2C(=O)C(C)NC(=O)C2(C)C)cc1. The van der Waals surface area contributed by atoms with E-state index in [0.717, 1.165) is 11.3 Å². The predicted octanol–water partition coefficient (Wildman–Crippen LogP) is 1.32. The van der Waals surface area contributed by atoms with E-state index in [9.17, 15) is 9.59 Å². The third-order valence-corrected chi connectivity index (χ3v) is 3.71. The van der Waals surface area contributed by atoms with Crippen molar-refractivity contribution in [2.75, 3.05) is 7.11 Å². The first-order valence-electron chi connectivity index (χ1n) is 6.61. The molecule has 0 spiro atoms. The van der Waals surface area contributed by atoms with Crippen LogP contribution in [0.3, 0.4) is 0 Å². The van der Waals surface area contributed by atoms with Gasteiger partial charge in [0.15, 0.2) is 0 Å². The van der Waals surface area contributed by atoms with Crippen LogP contribution in [-0.2, 0) is 16.1 Å². The number of piperazine rings is 1. The van der Waals surface area contributed by atoms with E-state index in [1.54, 1.807) is 32.8 Å². The molecule has 1 aromatic carbocycles. The lowest BCUT2D eigenvalue weighted by Crippen LogP contribution is -2.67. The van der Waals surface area contributed by atoms with Crippen LogP contribution < -0.4 is 10.1 Å². The zero-order valence-corrected chi connectivity index (χ0v) is 12.3. The molecule has 20 heavy (non-hydrogen) atoms. The lowest BCUT2D eigenvalue weighted by atomic mass is 9.95. The monoisotopic (exact) mass is 276 g/mol. The molecule has 0 aliphatic carbocycles. The molecule has 0 radical (unpaired) electrons. The molecule has 108 valence electrons. The third-order valence-electron chi connectivity index (χ3n) is 3.71. The van der Waals surface area contributed by atoms with E-state index in [1.807, 2.05) is 24.3 Å². The summed E-state index contributed by atoms with van der Waals surface area (Å²) < 4.78 is 5.11. The number of nitrogens with zero attached hydrogens (tertiary/aromatic N) is 1. The number of amides is 2. The van der Waals surface area contributed by atoms with Gasteiger partial charge < -0.3 is 15.0 Å². The number of hydrogen-bond donors (Lipinski definition) is 1. The minimum absolute atomic E-state index is 0.0644. The topological polar surface area (TPSA) is 58.6 Å². The largest absolute Gasteiger partial charge is 0.497 e. The van der Waals surface area contributed by atoms with E-state index >= 15 is 0 Å². The van der Waals surface area contributed by atoms with Gasteiger partial charge in [0.05, 0.1) is 7.11 Å². The number of carbonyl (C=O) groups excluding carboxylic acids is 2. The van der Waals surface area contributed by atoms with E-state index in [-0.39, 0.29) is 11.8 Å². The Morgan fingerprint density at radius 2 is 1.85 bits per heavy atom. The molecule has 1 saturated heterocycles. The van der Waals surface area contributed by atoms with Crippen LogP contribution in [0.1, 0.15) is 26.3 Å². The van der Waals surface area contributed by atoms with Gasteiger partial charge in [0.25, 0.3) is 0 Å². The summed E-state index contributed by atoms with van der Waals surface area (Å²) in [6, 6.07) is 7.02. The summed E-state index contributed by atoms with van der Waals surface area (Å²) in [6.45, 7) is 5.63. The summed E-state index contributed by atoms with van der Waals surface area (Å²) in [5.74, 6) is 0.577. The summed E-state index contributed by atoms with van der Waals surface area (Å²) in [4.78, 5) is 26.0. The smallest absolute Gasteiger partial charge is 0.246 e. The van der Waals surface area contributed by atoms with Crippen molar-refractivity contribution in [1.82, 2.24) is 10.2 Å². The highest BCUT2D eigenvalue weighted by Gasteiger charge is 2.44. The summed E-state index contributed by atoms with van der Waals surface area (Å²) in [5, 5.41) is 2.70. The van der Waals surface area contributed by atoms with Gasteiger partial charge in [-0.15, -0.1) is 0 Å². The normalized spacial score (nSPS) is 21.6. The van der Waals surface area contributed by atoms with Crippen LogP contribution in [0.25, 0.3) is 0 Å². The highest BCUT2D eigenvalue weighted by molar-refractivity contribution is 5.99. The van der Waals surface area contributed by atoms with E-state index in [1.165, 1.54) is 0 Å². The molecule has 1 N–H and O–H groups in total. The summed E-state index contributed by atoms with van der Waals surface area (Å²) in [7, 11) is 1.61. The summed E-state index contributed by atoms with van der Waals surface area (Å²) in [6.07, 6.45) is 0. The second kappa shape index (κ2) is 5.15. The lowest BCUT2D eigenvalue weighted by molar-refractivity contribution is -0.155. The van der Waals surface area contributed by atoms with Crippen LogP contribution in [0.5, 0.6) is 5.75 Å². The molecular weight excluding hydrogens is 256 g/mol. The molecule has 2 rings (SSSR count). The van der Waals surface area contributed by atoms with Crippen LogP contribution in [0.2, 0.25) is 0 Å². The molecule has 1 aliphatic rings. The number of carbonyl (C=O) groups is 2. The van der Waals surface area contributed by atoms with Gasteiger partial charge in [-0.1, -0.05) is 12.1 Å². The van der Waals surface area contributed by atoms with Gasteiger partial charge in [0, 0.05) is 6.54 Å². The van der Waals surface area contributed by atoms with E-state index in [0.29, 0.717) is 6.54 Å². The molecule has 5 heteroatoms. The van der Waals surface area contributed by atoms with Crippen molar-refractivity contribution in [2.45, 2.75) is 38.9 Å². The number of ether oxygens (including phenoxy) is 1. The second-order valence-corrected chi connectivity index (χ2v) is 5.53. The number of rotatable bonds is 3. The Labute approximate surface area is 118 Å². The molecule has 0 saturated carbocycles. The van der Waals surface area contributed by atoms with Crippen LogP contribution in [0.4, 0.5) is 0 Å². The summed E-state index contributed by atoms with van der Waals surface area (Å²) in [5.41, 5.74) is 0.123. The Balaban J connectivity index is 2.24. The van der Waals surface area contributed by atoms with Crippen LogP contribution in [0.15, 0.2) is 24.3 Å². The van der Waals surface area contributed by atoms with Gasteiger partial charge >= 0.3 is 0 Å². The van der Waals surface area contributed by atoms with Gasteiger partial charge in [-0.2, -0.15) is 0 Å². The molecule has 0 bridgehead atoms. The number of nitrogens with one attached hydrogen (secondary N) is 1. The van der Waals surface area contributed by atoms with Crippen molar-refractivity contribution in [2.24, 2.45) is 0 Å². The molecule has 1 atom stereocenters. The van der Waals surface area contributed by atoms with Crippen molar-refractivity contribution < 1.29 is 14.3 Å². The number of methoxy groups -OCH3 is 1. The van der Waals surface area contributed by atoms with Crippen molar-refractivity contribution in [1.29, 1.82) is 0 Å².